The summed E-state index contributed by atoms with van der Waals surface area (Å²) in [7, 11) is -4.53. The van der Waals surface area contributed by atoms with Crippen molar-refractivity contribution >= 4 is 38.1 Å². The van der Waals surface area contributed by atoms with Gasteiger partial charge >= 0.3 is 0 Å². The lowest BCUT2D eigenvalue weighted by atomic mass is 10.3. The van der Waals surface area contributed by atoms with Crippen LogP contribution < -0.4 is 10.4 Å². The van der Waals surface area contributed by atoms with E-state index in [0.29, 0.717) is 0 Å². The van der Waals surface area contributed by atoms with Crippen LogP contribution in [0.15, 0.2) is 0 Å². The number of hydrogen-bond acceptors (Lipinski definition) is 0. The zero-order valence-corrected chi connectivity index (χ0v) is 14.3. The Morgan fingerprint density at radius 3 is 1.17 bits per heavy atom. The molecule has 0 saturated carbocycles. The molecule has 0 amide bonds. The van der Waals surface area contributed by atoms with Crippen molar-refractivity contribution in [2.75, 3.05) is 0 Å². The molecule has 1 rings (SSSR count). The van der Waals surface area contributed by atoms with Crippen LogP contribution in [0.25, 0.3) is 0 Å². The highest BCUT2D eigenvalue weighted by Gasteiger charge is 2.36. The van der Waals surface area contributed by atoms with Crippen LogP contribution in [0.4, 0.5) is 13.2 Å². The van der Waals surface area contributed by atoms with Gasteiger partial charge in [-0.1, -0.05) is 50.9 Å². The third-order valence-corrected chi connectivity index (χ3v) is 6.97. The first-order chi connectivity index (χ1) is 7.89. The Hall–Kier alpha value is -0.266. The van der Waals surface area contributed by atoms with Gasteiger partial charge in [0.05, 0.1) is 16.1 Å². The molecule has 0 fully saturated rings. The topological polar surface area (TPSA) is 0 Å². The van der Waals surface area contributed by atoms with Crippen LogP contribution in [-0.4, -0.2) is 16.1 Å². The summed E-state index contributed by atoms with van der Waals surface area (Å²) in [5.74, 6) is -2.56. The van der Waals surface area contributed by atoms with E-state index in [1.54, 1.807) is 0 Å². The zero-order chi connectivity index (χ0) is 14.5. The fourth-order valence-corrected chi connectivity index (χ4v) is 5.56. The molecule has 0 bridgehead atoms. The van der Waals surface area contributed by atoms with E-state index in [0.717, 1.165) is 0 Å². The molecule has 1 aromatic carbocycles. The van der Waals surface area contributed by atoms with Gasteiger partial charge in [0, 0.05) is 10.4 Å². The van der Waals surface area contributed by atoms with Crippen molar-refractivity contribution in [2.24, 2.45) is 0 Å². The maximum atomic E-state index is 14.5. The molecule has 0 aliphatic carbocycles. The predicted molar refractivity (Wildman–Crippen MR) is 77.3 cm³/mol. The molecule has 0 aliphatic rings. The van der Waals surface area contributed by atoms with Gasteiger partial charge in [-0.15, -0.1) is 0 Å². The molecule has 18 heavy (non-hydrogen) atoms. The van der Waals surface area contributed by atoms with Gasteiger partial charge in [0.25, 0.3) is 0 Å². The number of rotatable bonds is 2. The largest absolute Gasteiger partial charge is 0.207 e. The third kappa shape index (κ3) is 2.67. The summed E-state index contributed by atoms with van der Waals surface area (Å²) in [6, 6.07) is 0. The van der Waals surface area contributed by atoms with Crippen LogP contribution in [0.2, 0.25) is 44.3 Å². The first kappa shape index (κ1) is 15.8. The van der Waals surface area contributed by atoms with Crippen LogP contribution >= 0.6 is 11.6 Å². The van der Waals surface area contributed by atoms with Crippen molar-refractivity contribution in [1.82, 2.24) is 0 Å². The SMILES string of the molecule is C[Si](C)(C)c1c(F)c(Cl)c(F)c([Si](C)(C)C)c1F. The summed E-state index contributed by atoms with van der Waals surface area (Å²) in [5.41, 5.74) is 0. The highest BCUT2D eigenvalue weighted by atomic mass is 35.5. The van der Waals surface area contributed by atoms with Gasteiger partial charge in [-0.2, -0.15) is 0 Å². The lowest BCUT2D eigenvalue weighted by molar-refractivity contribution is 0.562. The first-order valence-corrected chi connectivity index (χ1v) is 13.1. The van der Waals surface area contributed by atoms with Gasteiger partial charge in [-0.3, -0.25) is 0 Å². The minimum absolute atomic E-state index is 0.00586. The second kappa shape index (κ2) is 4.69. The molecule has 1 aromatic rings. The van der Waals surface area contributed by atoms with Crippen molar-refractivity contribution in [3.8, 4) is 0 Å². The summed E-state index contributed by atoms with van der Waals surface area (Å²) >= 11 is 5.70. The molecular weight excluding hydrogens is 293 g/mol. The average molecular weight is 311 g/mol. The minimum Gasteiger partial charge on any atom is -0.207 e. The van der Waals surface area contributed by atoms with Crippen molar-refractivity contribution in [2.45, 2.75) is 39.3 Å². The first-order valence-electron chi connectivity index (χ1n) is 5.76. The summed E-state index contributed by atoms with van der Waals surface area (Å²) in [6.07, 6.45) is 0. The van der Waals surface area contributed by atoms with Crippen molar-refractivity contribution in [1.29, 1.82) is 0 Å². The fourth-order valence-electron chi connectivity index (χ4n) is 1.95. The molecule has 0 spiro atoms. The van der Waals surface area contributed by atoms with Crippen LogP contribution in [0.3, 0.4) is 0 Å². The molecule has 0 saturated heterocycles. The van der Waals surface area contributed by atoms with Crippen LogP contribution in [0.1, 0.15) is 0 Å². The maximum absolute atomic E-state index is 14.5. The smallest absolute Gasteiger partial charge is 0.146 e. The van der Waals surface area contributed by atoms with Gasteiger partial charge in [-0.05, 0) is 0 Å². The standard InChI is InChI=1S/C12H18ClF3Si2/c1-17(2,3)11-8(14)7(13)9(15)12(10(11)16)18(4,5)6/h1-6H3. The molecule has 0 heterocycles. The van der Waals surface area contributed by atoms with Gasteiger partial charge in [-0.25, -0.2) is 13.2 Å². The molecule has 0 radical (unpaired) electrons. The Balaban J connectivity index is 3.83. The molecule has 102 valence electrons. The monoisotopic (exact) mass is 310 g/mol. The van der Waals surface area contributed by atoms with Gasteiger partial charge < -0.3 is 0 Å². The summed E-state index contributed by atoms with van der Waals surface area (Å²) in [5, 5.41) is -0.552. The Kier molecular flexibility index (Phi) is 4.11. The average Bonchev–Trinajstić information content (AvgIpc) is 2.09. The molecule has 0 N–H and O–H groups in total. The second-order valence-corrected chi connectivity index (χ2v) is 16.9. The van der Waals surface area contributed by atoms with E-state index in [4.69, 9.17) is 11.6 Å². The van der Waals surface area contributed by atoms with E-state index in [1.807, 2.05) is 39.3 Å². The molecular formula is C12H18ClF3Si2. The van der Waals surface area contributed by atoms with Gasteiger partial charge in [0.2, 0.25) is 0 Å². The summed E-state index contributed by atoms with van der Waals surface area (Å²) in [4.78, 5) is 0. The molecule has 0 unspecified atom stereocenters. The van der Waals surface area contributed by atoms with Gasteiger partial charge in [0.15, 0.2) is 0 Å². The van der Waals surface area contributed by atoms with Crippen LogP contribution in [0, 0.1) is 17.5 Å². The van der Waals surface area contributed by atoms with E-state index >= 15 is 0 Å². The van der Waals surface area contributed by atoms with E-state index in [-0.39, 0.29) is 10.4 Å². The highest BCUT2D eigenvalue weighted by molar-refractivity contribution is 6.91. The van der Waals surface area contributed by atoms with Gasteiger partial charge in [0.1, 0.15) is 22.5 Å². The van der Waals surface area contributed by atoms with E-state index in [2.05, 4.69) is 0 Å². The molecule has 6 heteroatoms. The normalized spacial score (nSPS) is 13.0. The summed E-state index contributed by atoms with van der Waals surface area (Å²) in [6.45, 7) is 10.9. The highest BCUT2D eigenvalue weighted by Crippen LogP contribution is 2.23. The molecule has 0 atom stereocenters. The molecule has 0 nitrogen and oxygen atoms in total. The van der Waals surface area contributed by atoms with E-state index in [1.165, 1.54) is 0 Å². The van der Waals surface area contributed by atoms with Crippen LogP contribution in [0.5, 0.6) is 0 Å². The minimum atomic E-state index is -2.27. The third-order valence-electron chi connectivity index (χ3n) is 2.76. The van der Waals surface area contributed by atoms with E-state index in [9.17, 15) is 13.2 Å². The Labute approximate surface area is 113 Å². The lowest BCUT2D eigenvalue weighted by Gasteiger charge is -2.26. The second-order valence-electron chi connectivity index (χ2n) is 6.51. The van der Waals surface area contributed by atoms with Crippen molar-refractivity contribution < 1.29 is 13.2 Å². The zero-order valence-electron chi connectivity index (χ0n) is 11.5. The maximum Gasteiger partial charge on any atom is 0.146 e. The summed E-state index contributed by atoms with van der Waals surface area (Å²) < 4.78 is 42.5. The Morgan fingerprint density at radius 1 is 0.667 bits per heavy atom. The number of benzene rings is 1. The van der Waals surface area contributed by atoms with E-state index < -0.39 is 38.6 Å². The lowest BCUT2D eigenvalue weighted by Crippen LogP contribution is -2.52. The molecule has 0 aromatic heterocycles. The van der Waals surface area contributed by atoms with Crippen molar-refractivity contribution in [3.05, 3.63) is 22.5 Å². The molecule has 0 aliphatic heterocycles. The fraction of sp³-hybridized carbons (Fsp3) is 0.500. The van der Waals surface area contributed by atoms with Crippen LogP contribution in [-0.2, 0) is 0 Å². The number of halogens is 4. The predicted octanol–water partition coefficient (Wildman–Crippen LogP) is 3.85. The van der Waals surface area contributed by atoms with Crippen molar-refractivity contribution in [3.63, 3.8) is 0 Å². The Morgan fingerprint density at radius 2 is 0.944 bits per heavy atom. The Bertz CT molecular complexity index is 447. The quantitative estimate of drug-likeness (QED) is 0.442. The number of hydrogen-bond donors (Lipinski definition) is 0.